The number of rotatable bonds is 4. The van der Waals surface area contributed by atoms with Gasteiger partial charge in [-0.15, -0.1) is 0 Å². The van der Waals surface area contributed by atoms with Crippen LogP contribution in [0.1, 0.15) is 6.92 Å². The minimum absolute atomic E-state index is 0.518. The van der Waals surface area contributed by atoms with Crippen LogP contribution in [0, 0.1) is 0 Å². The predicted molar refractivity (Wildman–Crippen MR) is 81.1 cm³/mol. The summed E-state index contributed by atoms with van der Waals surface area (Å²) in [5, 5.41) is 61.4. The van der Waals surface area contributed by atoms with Crippen molar-refractivity contribution in [2.24, 2.45) is 5.73 Å². The van der Waals surface area contributed by atoms with Gasteiger partial charge in [-0.05, 0) is 0 Å². The Balaban J connectivity index is 2.31. The van der Waals surface area contributed by atoms with Gasteiger partial charge in [0.15, 0.2) is 0 Å². The molecule has 0 spiro atoms. The van der Waals surface area contributed by atoms with Gasteiger partial charge < -0.3 is 51.2 Å². The largest absolute Gasteiger partial charge is 0.394 e. The number of nitrogens with two attached hydrogens (primary N) is 1. The first-order valence-electron chi connectivity index (χ1n) is 8.00. The Hall–Kier alpha value is -0.890. The lowest BCUT2D eigenvalue weighted by Crippen LogP contribution is -2.72. The second-order valence-electron chi connectivity index (χ2n) is 6.41. The van der Waals surface area contributed by atoms with Crippen LogP contribution in [0.4, 0.5) is 0 Å². The van der Waals surface area contributed by atoms with Gasteiger partial charge in [-0.2, -0.15) is 0 Å². The molecule has 25 heavy (non-hydrogen) atoms. The quantitative estimate of drug-likeness (QED) is 0.238. The minimum atomic E-state index is -1.49. The van der Waals surface area contributed by atoms with E-state index in [-0.39, 0.29) is 0 Å². The normalized spacial score (nSPS) is 48.2. The molecule has 2 aliphatic heterocycles. The van der Waals surface area contributed by atoms with Crippen LogP contribution in [-0.2, 0) is 14.3 Å². The van der Waals surface area contributed by atoms with Crippen molar-refractivity contribution in [1.82, 2.24) is 5.32 Å². The van der Waals surface area contributed by atoms with E-state index < -0.39 is 80.0 Å². The van der Waals surface area contributed by atoms with Crippen molar-refractivity contribution < 1.29 is 44.9 Å². The van der Waals surface area contributed by atoms with Gasteiger partial charge in [0.05, 0.1) is 25.3 Å². The fraction of sp³-hybridized carbons (Fsp3) is 0.929. The molecule has 0 aromatic carbocycles. The van der Waals surface area contributed by atoms with Crippen LogP contribution in [0.15, 0.2) is 0 Å². The summed E-state index contributed by atoms with van der Waals surface area (Å²) in [7, 11) is 0. The number of carbonyl (C=O) groups excluding carboxylic acids is 1. The molecule has 2 saturated heterocycles. The second-order valence-corrected chi connectivity index (χ2v) is 6.41. The van der Waals surface area contributed by atoms with E-state index in [9.17, 15) is 35.4 Å². The van der Waals surface area contributed by atoms with E-state index in [1.54, 1.807) is 0 Å². The molecule has 2 heterocycles. The molecule has 11 nitrogen and oxygen atoms in total. The van der Waals surface area contributed by atoms with Crippen molar-refractivity contribution in [3.8, 4) is 0 Å². The van der Waals surface area contributed by atoms with Gasteiger partial charge in [0.1, 0.15) is 48.8 Å². The molecule has 9 N–H and O–H groups in total. The minimum Gasteiger partial charge on any atom is -0.394 e. The number of carbonyl (C=O) groups is 1. The first-order valence-corrected chi connectivity index (χ1v) is 8.00. The fourth-order valence-electron chi connectivity index (χ4n) is 3.29. The molecule has 2 fully saturated rings. The van der Waals surface area contributed by atoms with Crippen molar-refractivity contribution in [1.29, 1.82) is 0 Å². The molecule has 0 aliphatic carbocycles. The molecule has 2 unspecified atom stereocenters. The lowest BCUT2D eigenvalue weighted by molar-refractivity contribution is -0.262. The molecule has 11 heteroatoms. The maximum absolute atomic E-state index is 11.5. The molecule has 146 valence electrons. The summed E-state index contributed by atoms with van der Waals surface area (Å²) >= 11 is 0. The Labute approximate surface area is 144 Å². The average molecular weight is 366 g/mol. The first-order chi connectivity index (χ1) is 11.7. The highest BCUT2D eigenvalue weighted by Gasteiger charge is 2.53. The zero-order valence-electron chi connectivity index (χ0n) is 13.7. The van der Waals surface area contributed by atoms with Crippen LogP contribution in [0.5, 0.6) is 0 Å². The highest BCUT2D eigenvalue weighted by atomic mass is 16.6. The van der Waals surface area contributed by atoms with Crippen molar-refractivity contribution >= 4 is 5.91 Å². The lowest BCUT2D eigenvalue weighted by Gasteiger charge is -2.50. The zero-order valence-corrected chi connectivity index (χ0v) is 13.7. The summed E-state index contributed by atoms with van der Waals surface area (Å²) in [5.74, 6) is -0.518. The summed E-state index contributed by atoms with van der Waals surface area (Å²) in [6.07, 6.45) is -10.4. The van der Waals surface area contributed by atoms with Gasteiger partial charge in [-0.1, -0.05) is 0 Å². The van der Waals surface area contributed by atoms with Gasteiger partial charge in [-0.3, -0.25) is 4.79 Å². The molecular weight excluding hydrogens is 340 g/mol. The molecule has 1 amide bonds. The summed E-state index contributed by atoms with van der Waals surface area (Å²) in [5.41, 5.74) is 5.90. The van der Waals surface area contributed by atoms with Crippen LogP contribution in [-0.4, -0.2) is 111 Å². The zero-order chi connectivity index (χ0) is 18.9. The first kappa shape index (κ1) is 20.4. The number of nitrogens with one attached hydrogen (secondary N) is 1. The Morgan fingerprint density at radius 2 is 1.40 bits per heavy atom. The summed E-state index contributed by atoms with van der Waals surface area (Å²) in [4.78, 5) is 11.5. The number of hydrogen-bond donors (Lipinski definition) is 8. The fourth-order valence-corrected chi connectivity index (χ4v) is 3.29. The number of aliphatic hydroxyl groups is 6. The number of hydrogen-bond acceptors (Lipinski definition) is 10. The highest BCUT2D eigenvalue weighted by molar-refractivity contribution is 5.73. The number of aliphatic hydroxyl groups excluding tert-OH is 6. The van der Waals surface area contributed by atoms with E-state index in [1.807, 2.05) is 0 Å². The van der Waals surface area contributed by atoms with E-state index >= 15 is 0 Å². The third-order valence-electron chi connectivity index (χ3n) is 4.67. The third-order valence-corrected chi connectivity index (χ3v) is 4.67. The van der Waals surface area contributed by atoms with Gasteiger partial charge in [-0.25, -0.2) is 0 Å². The topological polar surface area (TPSA) is 195 Å². The lowest BCUT2D eigenvalue weighted by atomic mass is 9.83. The average Bonchev–Trinajstić information content (AvgIpc) is 2.58. The van der Waals surface area contributed by atoms with E-state index in [1.165, 1.54) is 6.92 Å². The monoisotopic (exact) mass is 366 g/mol. The van der Waals surface area contributed by atoms with Crippen LogP contribution < -0.4 is 11.1 Å². The van der Waals surface area contributed by atoms with Crippen LogP contribution in [0.3, 0.4) is 0 Å². The summed E-state index contributed by atoms with van der Waals surface area (Å²) in [6.45, 7) is -0.0171. The maximum Gasteiger partial charge on any atom is 0.217 e. The van der Waals surface area contributed by atoms with Gasteiger partial charge in [0.25, 0.3) is 0 Å². The van der Waals surface area contributed by atoms with E-state index in [2.05, 4.69) is 5.32 Å². The van der Waals surface area contributed by atoms with E-state index in [0.717, 1.165) is 0 Å². The van der Waals surface area contributed by atoms with E-state index in [4.69, 9.17) is 15.2 Å². The summed E-state index contributed by atoms with van der Waals surface area (Å²) < 4.78 is 11.1. The molecule has 2 aliphatic rings. The van der Waals surface area contributed by atoms with Gasteiger partial charge >= 0.3 is 0 Å². The van der Waals surface area contributed by atoms with Gasteiger partial charge in [0.2, 0.25) is 5.91 Å². The smallest absolute Gasteiger partial charge is 0.217 e. The standard InChI is InChI=1S/C14H26N2O9/c1-4(19)16-8-12(23)10(21)6(3-18)25-14(8)13-7(15)11(22)9(20)5(2-17)24-13/h5-14,17-18,20-23H,2-3,15H2,1H3,(H,16,19)/t5-,6-,7-,8-,9-,10-,11-,12-,13?,14?/m1/s1. The molecule has 0 saturated carbocycles. The third kappa shape index (κ3) is 3.94. The van der Waals surface area contributed by atoms with Gasteiger partial charge in [0, 0.05) is 6.92 Å². The Bertz CT molecular complexity index is 466. The number of amides is 1. The van der Waals surface area contributed by atoms with Crippen molar-refractivity contribution in [3.05, 3.63) is 0 Å². The highest BCUT2D eigenvalue weighted by Crippen LogP contribution is 2.30. The molecular formula is C14H26N2O9. The Morgan fingerprint density at radius 1 is 0.920 bits per heavy atom. The molecule has 0 aromatic rings. The van der Waals surface area contributed by atoms with Crippen molar-refractivity contribution in [3.63, 3.8) is 0 Å². The van der Waals surface area contributed by atoms with Crippen LogP contribution in [0.25, 0.3) is 0 Å². The molecule has 10 atom stereocenters. The SMILES string of the molecule is CC(=O)N[C@H]1C(C2O[C@H](CO)[C@@H](O)[C@H](O)[C@H]2N)O[C@H](CO)[C@@H](O)[C@@H]1O. The predicted octanol–water partition coefficient (Wildman–Crippen LogP) is -5.22. The van der Waals surface area contributed by atoms with Crippen LogP contribution >= 0.6 is 0 Å². The van der Waals surface area contributed by atoms with Crippen LogP contribution in [0.2, 0.25) is 0 Å². The van der Waals surface area contributed by atoms with Crippen molar-refractivity contribution in [2.75, 3.05) is 13.2 Å². The summed E-state index contributed by atoms with van der Waals surface area (Å²) in [6, 6.07) is -2.31. The maximum atomic E-state index is 11.5. The molecule has 0 radical (unpaired) electrons. The second kappa shape index (κ2) is 8.20. The Morgan fingerprint density at radius 3 is 1.88 bits per heavy atom. The molecule has 0 aromatic heterocycles. The molecule has 0 bridgehead atoms. The number of ether oxygens (including phenoxy) is 2. The van der Waals surface area contributed by atoms with E-state index in [0.29, 0.717) is 0 Å². The molecule has 2 rings (SSSR count). The Kier molecular flexibility index (Phi) is 6.70. The van der Waals surface area contributed by atoms with Crippen molar-refractivity contribution in [2.45, 2.75) is 67.8 Å².